The monoisotopic (exact) mass is 454 g/mol. The number of aromatic nitrogens is 3. The van der Waals surface area contributed by atoms with Crippen LogP contribution in [0.15, 0.2) is 60.0 Å². The third-order valence-corrected chi connectivity index (χ3v) is 6.35. The van der Waals surface area contributed by atoms with Gasteiger partial charge in [0.2, 0.25) is 5.91 Å². The van der Waals surface area contributed by atoms with Crippen LogP contribution in [0.5, 0.6) is 0 Å². The van der Waals surface area contributed by atoms with E-state index in [1.807, 2.05) is 48.5 Å². The second-order valence-electron chi connectivity index (χ2n) is 7.73. The molecule has 0 saturated carbocycles. The predicted molar refractivity (Wildman–Crippen MR) is 121 cm³/mol. The van der Waals surface area contributed by atoms with Gasteiger partial charge in [-0.2, -0.15) is 5.10 Å². The van der Waals surface area contributed by atoms with E-state index in [-0.39, 0.29) is 30.6 Å². The van der Waals surface area contributed by atoms with E-state index >= 15 is 0 Å². The summed E-state index contributed by atoms with van der Waals surface area (Å²) in [5.74, 6) is 0.608. The number of nitrogens with one attached hydrogen (secondary N) is 2. The van der Waals surface area contributed by atoms with Crippen molar-refractivity contribution in [1.82, 2.24) is 15.2 Å². The lowest BCUT2D eigenvalue weighted by Gasteiger charge is -2.41. The van der Waals surface area contributed by atoms with Gasteiger partial charge in [-0.3, -0.25) is 9.89 Å². The fourth-order valence-corrected chi connectivity index (χ4v) is 4.64. The number of ether oxygens (including phenoxy) is 2. The molecule has 1 amide bonds. The van der Waals surface area contributed by atoms with Crippen LogP contribution in [-0.4, -0.2) is 38.1 Å². The molecule has 9 heteroatoms. The summed E-state index contributed by atoms with van der Waals surface area (Å²) in [6, 6.07) is 15.3. The van der Waals surface area contributed by atoms with Gasteiger partial charge in [-0.05, 0) is 23.3 Å². The molecule has 1 aromatic heterocycles. The summed E-state index contributed by atoms with van der Waals surface area (Å²) in [5, 5.41) is 19.7. The minimum Gasteiger partial charge on any atom is -0.392 e. The highest BCUT2D eigenvalue weighted by molar-refractivity contribution is 7.99. The SMILES string of the molecule is CC(=O)Nc1cccc(C2OC(CSc3ncn[nH]3)C(C)C(c3ccc(CO)cc3)O2)c1. The number of hydrogen-bond donors (Lipinski definition) is 3. The van der Waals surface area contributed by atoms with Gasteiger partial charge in [-0.15, -0.1) is 0 Å². The standard InChI is InChI=1S/C23H26N4O4S/c1-14-20(12-32-23-24-13-25-27-23)30-22(18-4-3-5-19(10-18)26-15(2)29)31-21(14)17-8-6-16(11-28)7-9-17/h3-10,13-14,20-22,28H,11-12H2,1-2H3,(H,26,29)(H,24,25,27). The molecule has 1 saturated heterocycles. The molecule has 1 aliphatic rings. The molecule has 2 heterocycles. The lowest BCUT2D eigenvalue weighted by atomic mass is 9.91. The van der Waals surface area contributed by atoms with E-state index in [0.717, 1.165) is 21.8 Å². The molecule has 4 rings (SSSR count). The zero-order chi connectivity index (χ0) is 22.5. The van der Waals surface area contributed by atoms with Crippen molar-refractivity contribution in [2.45, 2.75) is 44.1 Å². The molecule has 0 radical (unpaired) electrons. The number of amides is 1. The molecule has 0 spiro atoms. The van der Waals surface area contributed by atoms with Crippen molar-refractivity contribution < 1.29 is 19.4 Å². The first-order valence-corrected chi connectivity index (χ1v) is 11.4. The van der Waals surface area contributed by atoms with Gasteiger partial charge >= 0.3 is 0 Å². The molecular formula is C23H26N4O4S. The van der Waals surface area contributed by atoms with Crippen molar-refractivity contribution in [3.63, 3.8) is 0 Å². The molecule has 168 valence electrons. The van der Waals surface area contributed by atoms with E-state index in [1.54, 1.807) is 11.8 Å². The van der Waals surface area contributed by atoms with Crippen molar-refractivity contribution in [3.05, 3.63) is 71.5 Å². The van der Waals surface area contributed by atoms with Crippen LogP contribution in [0.3, 0.4) is 0 Å². The number of aromatic amines is 1. The normalized spacial score (nSPS) is 23.1. The second kappa shape index (κ2) is 10.3. The number of carbonyl (C=O) groups is 1. The van der Waals surface area contributed by atoms with Crippen molar-refractivity contribution >= 4 is 23.4 Å². The van der Waals surface area contributed by atoms with E-state index in [1.165, 1.54) is 13.3 Å². The van der Waals surface area contributed by atoms with Gasteiger partial charge < -0.3 is 19.9 Å². The van der Waals surface area contributed by atoms with Gasteiger partial charge in [0.05, 0.1) is 18.8 Å². The van der Waals surface area contributed by atoms with Crippen LogP contribution in [0.25, 0.3) is 0 Å². The zero-order valence-corrected chi connectivity index (χ0v) is 18.7. The largest absolute Gasteiger partial charge is 0.392 e. The van der Waals surface area contributed by atoms with Crippen LogP contribution in [0.1, 0.15) is 42.9 Å². The highest BCUT2D eigenvalue weighted by atomic mass is 32.2. The number of carbonyl (C=O) groups excluding carboxylic acids is 1. The number of anilines is 1. The summed E-state index contributed by atoms with van der Waals surface area (Å²) in [7, 11) is 0. The second-order valence-corrected chi connectivity index (χ2v) is 8.74. The molecular weight excluding hydrogens is 428 g/mol. The number of thioether (sulfide) groups is 1. The number of nitrogens with zero attached hydrogens (tertiary/aromatic N) is 2. The van der Waals surface area contributed by atoms with Gasteiger partial charge in [0, 0.05) is 29.8 Å². The highest BCUT2D eigenvalue weighted by Crippen LogP contribution is 2.43. The molecule has 2 aromatic carbocycles. The lowest BCUT2D eigenvalue weighted by Crippen LogP contribution is -2.38. The average molecular weight is 455 g/mol. The first kappa shape index (κ1) is 22.5. The van der Waals surface area contributed by atoms with E-state index < -0.39 is 6.29 Å². The van der Waals surface area contributed by atoms with Gasteiger partial charge in [0.15, 0.2) is 11.4 Å². The average Bonchev–Trinajstić information content (AvgIpc) is 3.32. The zero-order valence-electron chi connectivity index (χ0n) is 17.9. The Kier molecular flexibility index (Phi) is 7.21. The fourth-order valence-electron chi connectivity index (χ4n) is 3.70. The maximum absolute atomic E-state index is 11.5. The van der Waals surface area contributed by atoms with Gasteiger partial charge in [-0.25, -0.2) is 4.98 Å². The molecule has 4 atom stereocenters. The first-order valence-electron chi connectivity index (χ1n) is 10.4. The summed E-state index contributed by atoms with van der Waals surface area (Å²) < 4.78 is 12.8. The third-order valence-electron chi connectivity index (χ3n) is 5.38. The Hall–Kier alpha value is -2.72. The van der Waals surface area contributed by atoms with Crippen molar-refractivity contribution in [2.24, 2.45) is 5.92 Å². The van der Waals surface area contributed by atoms with E-state index in [9.17, 15) is 9.90 Å². The van der Waals surface area contributed by atoms with Crippen molar-refractivity contribution in [3.8, 4) is 0 Å². The molecule has 1 fully saturated rings. The Labute approximate surface area is 190 Å². The molecule has 8 nitrogen and oxygen atoms in total. The predicted octanol–water partition coefficient (Wildman–Crippen LogP) is 3.84. The van der Waals surface area contributed by atoms with Gasteiger partial charge in [0.1, 0.15) is 6.33 Å². The summed E-state index contributed by atoms with van der Waals surface area (Å²) in [5.41, 5.74) is 3.40. The Morgan fingerprint density at radius 2 is 2.00 bits per heavy atom. The maximum atomic E-state index is 11.5. The topological polar surface area (TPSA) is 109 Å². The van der Waals surface area contributed by atoms with Crippen LogP contribution in [0, 0.1) is 5.92 Å². The number of benzene rings is 2. The maximum Gasteiger partial charge on any atom is 0.221 e. The van der Waals surface area contributed by atoms with Gasteiger partial charge in [-0.1, -0.05) is 55.1 Å². The number of hydrogen-bond acceptors (Lipinski definition) is 7. The van der Waals surface area contributed by atoms with Crippen molar-refractivity contribution in [2.75, 3.05) is 11.1 Å². The molecule has 4 unspecified atom stereocenters. The highest BCUT2D eigenvalue weighted by Gasteiger charge is 2.38. The van der Waals surface area contributed by atoms with E-state index in [2.05, 4.69) is 27.4 Å². The quantitative estimate of drug-likeness (QED) is 0.465. The molecule has 3 aromatic rings. The summed E-state index contributed by atoms with van der Waals surface area (Å²) >= 11 is 1.55. The minimum atomic E-state index is -0.595. The molecule has 0 bridgehead atoms. The molecule has 1 aliphatic heterocycles. The van der Waals surface area contributed by atoms with Crippen LogP contribution in [0.4, 0.5) is 5.69 Å². The van der Waals surface area contributed by atoms with Crippen molar-refractivity contribution in [1.29, 1.82) is 0 Å². The van der Waals surface area contributed by atoms with Crippen LogP contribution >= 0.6 is 11.8 Å². The Morgan fingerprint density at radius 1 is 1.19 bits per heavy atom. The summed E-state index contributed by atoms with van der Waals surface area (Å²) in [6.45, 7) is 3.59. The number of H-pyrrole nitrogens is 1. The molecule has 0 aliphatic carbocycles. The van der Waals surface area contributed by atoms with E-state index in [0.29, 0.717) is 11.4 Å². The Balaban J connectivity index is 1.60. The number of rotatable bonds is 7. The smallest absolute Gasteiger partial charge is 0.221 e. The number of aliphatic hydroxyl groups excluding tert-OH is 1. The summed E-state index contributed by atoms with van der Waals surface area (Å²) in [4.78, 5) is 15.7. The lowest BCUT2D eigenvalue weighted by molar-refractivity contribution is -0.268. The number of aliphatic hydroxyl groups is 1. The minimum absolute atomic E-state index is 0.000514. The Morgan fingerprint density at radius 3 is 2.69 bits per heavy atom. The van der Waals surface area contributed by atoms with Crippen LogP contribution in [-0.2, 0) is 20.9 Å². The van der Waals surface area contributed by atoms with Gasteiger partial charge in [0.25, 0.3) is 0 Å². The summed E-state index contributed by atoms with van der Waals surface area (Å²) in [6.07, 6.45) is 0.572. The molecule has 3 N–H and O–H groups in total. The third kappa shape index (κ3) is 5.36. The van der Waals surface area contributed by atoms with Crippen LogP contribution < -0.4 is 5.32 Å². The first-order chi connectivity index (χ1) is 15.5. The Bertz CT molecular complexity index is 1030. The van der Waals surface area contributed by atoms with Crippen LogP contribution in [0.2, 0.25) is 0 Å². The fraction of sp³-hybridized carbons (Fsp3) is 0.348. The van der Waals surface area contributed by atoms with E-state index in [4.69, 9.17) is 9.47 Å². The molecule has 32 heavy (non-hydrogen) atoms.